The normalized spacial score (nSPS) is 14.4. The maximum absolute atomic E-state index is 12.7. The summed E-state index contributed by atoms with van der Waals surface area (Å²) in [7, 11) is 0. The van der Waals surface area contributed by atoms with E-state index in [-0.39, 0.29) is 28.7 Å². The summed E-state index contributed by atoms with van der Waals surface area (Å²) in [6, 6.07) is 11.4. The fourth-order valence-corrected chi connectivity index (χ4v) is 3.22. The molecular formula is C19H19N5O3. The van der Waals surface area contributed by atoms with Crippen molar-refractivity contribution in [3.63, 3.8) is 0 Å². The third-order valence-corrected chi connectivity index (χ3v) is 4.69. The van der Waals surface area contributed by atoms with Gasteiger partial charge in [-0.1, -0.05) is 23.4 Å². The van der Waals surface area contributed by atoms with Crippen molar-refractivity contribution in [3.8, 4) is 11.5 Å². The average molecular weight is 365 g/mol. The highest BCUT2D eigenvalue weighted by atomic mass is 16.5. The Balaban J connectivity index is 1.45. The number of aromatic amines is 1. The van der Waals surface area contributed by atoms with Gasteiger partial charge in [0.05, 0.1) is 0 Å². The Morgan fingerprint density at radius 2 is 1.89 bits per heavy atom. The van der Waals surface area contributed by atoms with Crippen LogP contribution in [0.4, 0.5) is 5.69 Å². The molecule has 1 fully saturated rings. The Morgan fingerprint density at radius 3 is 2.63 bits per heavy atom. The summed E-state index contributed by atoms with van der Waals surface area (Å²) >= 11 is 0. The van der Waals surface area contributed by atoms with E-state index in [1.165, 1.54) is 17.4 Å². The first-order valence-corrected chi connectivity index (χ1v) is 8.75. The van der Waals surface area contributed by atoms with Gasteiger partial charge in [-0.2, -0.15) is 4.98 Å². The van der Waals surface area contributed by atoms with E-state index in [9.17, 15) is 9.59 Å². The summed E-state index contributed by atoms with van der Waals surface area (Å²) < 4.78 is 5.11. The molecule has 8 heteroatoms. The van der Waals surface area contributed by atoms with E-state index in [0.29, 0.717) is 13.1 Å². The third kappa shape index (κ3) is 3.33. The number of piperazine rings is 1. The Kier molecular flexibility index (Phi) is 4.45. The van der Waals surface area contributed by atoms with Gasteiger partial charge in [-0.15, -0.1) is 0 Å². The van der Waals surface area contributed by atoms with Crippen LogP contribution in [0.15, 0.2) is 51.9 Å². The second-order valence-corrected chi connectivity index (χ2v) is 6.40. The number of para-hydroxylation sites is 1. The highest BCUT2D eigenvalue weighted by Gasteiger charge is 2.26. The van der Waals surface area contributed by atoms with Crippen LogP contribution in [0.5, 0.6) is 0 Å². The number of rotatable bonds is 3. The summed E-state index contributed by atoms with van der Waals surface area (Å²) in [6.07, 6.45) is 1.52. The number of aromatic nitrogens is 3. The molecule has 0 aliphatic carbocycles. The number of aryl methyl sites for hydroxylation is 1. The standard InChI is InChI=1S/C19H19N5O3/c1-13-5-2-3-7-15(13)23-9-11-24(12-10-23)19(26)16-21-18(27-22-16)14-6-4-8-20-17(14)25/h2-8H,9-12H2,1H3,(H,20,25). The molecule has 0 radical (unpaired) electrons. The number of amides is 1. The first-order chi connectivity index (χ1) is 13.1. The van der Waals surface area contributed by atoms with Crippen molar-refractivity contribution in [1.29, 1.82) is 0 Å². The predicted octanol–water partition coefficient (Wildman–Crippen LogP) is 1.70. The summed E-state index contributed by atoms with van der Waals surface area (Å²) in [5, 5.41) is 3.76. The lowest BCUT2D eigenvalue weighted by Crippen LogP contribution is -2.49. The van der Waals surface area contributed by atoms with E-state index in [0.717, 1.165) is 13.1 Å². The van der Waals surface area contributed by atoms with Gasteiger partial charge < -0.3 is 19.3 Å². The van der Waals surface area contributed by atoms with Gasteiger partial charge in [0.15, 0.2) is 0 Å². The summed E-state index contributed by atoms with van der Waals surface area (Å²) in [4.78, 5) is 35.1. The lowest BCUT2D eigenvalue weighted by molar-refractivity contribution is 0.0731. The Bertz CT molecular complexity index is 1020. The number of carbonyl (C=O) groups excluding carboxylic acids is 1. The summed E-state index contributed by atoms with van der Waals surface area (Å²) in [5.41, 5.74) is 2.31. The molecule has 4 rings (SSSR count). The molecule has 1 aromatic carbocycles. The molecular weight excluding hydrogens is 346 g/mol. The fourth-order valence-electron chi connectivity index (χ4n) is 3.22. The van der Waals surface area contributed by atoms with E-state index in [4.69, 9.17) is 4.52 Å². The number of benzene rings is 1. The van der Waals surface area contributed by atoms with Crippen molar-refractivity contribution >= 4 is 11.6 Å². The van der Waals surface area contributed by atoms with Crippen LogP contribution in [0.1, 0.15) is 16.2 Å². The van der Waals surface area contributed by atoms with E-state index in [2.05, 4.69) is 39.1 Å². The summed E-state index contributed by atoms with van der Waals surface area (Å²) in [6.45, 7) is 4.70. The zero-order chi connectivity index (χ0) is 18.8. The van der Waals surface area contributed by atoms with Crippen LogP contribution in [0.25, 0.3) is 11.5 Å². The van der Waals surface area contributed by atoms with Gasteiger partial charge in [-0.05, 0) is 30.7 Å². The maximum atomic E-state index is 12.7. The quantitative estimate of drug-likeness (QED) is 0.759. The second-order valence-electron chi connectivity index (χ2n) is 6.40. The molecule has 1 N–H and O–H groups in total. The van der Waals surface area contributed by atoms with Gasteiger partial charge in [0, 0.05) is 38.1 Å². The van der Waals surface area contributed by atoms with Crippen LogP contribution in [0.2, 0.25) is 0 Å². The number of anilines is 1. The topological polar surface area (TPSA) is 95.3 Å². The molecule has 0 bridgehead atoms. The zero-order valence-electron chi connectivity index (χ0n) is 14.9. The van der Waals surface area contributed by atoms with Crippen LogP contribution in [-0.2, 0) is 0 Å². The van der Waals surface area contributed by atoms with Crippen molar-refractivity contribution in [1.82, 2.24) is 20.0 Å². The van der Waals surface area contributed by atoms with E-state index >= 15 is 0 Å². The van der Waals surface area contributed by atoms with Crippen molar-refractivity contribution in [2.75, 3.05) is 31.1 Å². The second kappa shape index (κ2) is 7.06. The van der Waals surface area contributed by atoms with Gasteiger partial charge in [-0.3, -0.25) is 9.59 Å². The minimum absolute atomic E-state index is 0.0300. The molecule has 3 aromatic rings. The monoisotopic (exact) mass is 365 g/mol. The molecule has 8 nitrogen and oxygen atoms in total. The summed E-state index contributed by atoms with van der Waals surface area (Å²) in [5.74, 6) is -0.280. The molecule has 2 aromatic heterocycles. The molecule has 27 heavy (non-hydrogen) atoms. The van der Waals surface area contributed by atoms with Gasteiger partial charge >= 0.3 is 0 Å². The highest BCUT2D eigenvalue weighted by molar-refractivity contribution is 5.91. The Hall–Kier alpha value is -3.42. The van der Waals surface area contributed by atoms with Crippen LogP contribution in [-0.4, -0.2) is 52.1 Å². The number of carbonyl (C=O) groups is 1. The fraction of sp³-hybridized carbons (Fsp3) is 0.263. The average Bonchev–Trinajstić information content (AvgIpc) is 3.18. The van der Waals surface area contributed by atoms with Gasteiger partial charge in [-0.25, -0.2) is 0 Å². The minimum Gasteiger partial charge on any atom is -0.368 e. The first-order valence-electron chi connectivity index (χ1n) is 8.75. The molecule has 1 saturated heterocycles. The van der Waals surface area contributed by atoms with E-state index in [1.54, 1.807) is 17.0 Å². The molecule has 0 saturated carbocycles. The molecule has 1 aliphatic heterocycles. The molecule has 0 spiro atoms. The van der Waals surface area contributed by atoms with E-state index in [1.807, 2.05) is 12.1 Å². The Morgan fingerprint density at radius 1 is 1.11 bits per heavy atom. The number of nitrogens with zero attached hydrogens (tertiary/aromatic N) is 4. The smallest absolute Gasteiger partial charge is 0.295 e. The first kappa shape index (κ1) is 17.0. The molecule has 1 aliphatic rings. The highest BCUT2D eigenvalue weighted by Crippen LogP contribution is 2.21. The van der Waals surface area contributed by atoms with Crippen molar-refractivity contribution in [3.05, 3.63) is 64.3 Å². The SMILES string of the molecule is Cc1ccccc1N1CCN(C(=O)c2noc(-c3ccc[nH]c3=O)n2)CC1. The van der Waals surface area contributed by atoms with Crippen LogP contribution >= 0.6 is 0 Å². The molecule has 0 unspecified atom stereocenters. The molecule has 0 atom stereocenters. The van der Waals surface area contributed by atoms with Gasteiger partial charge in [0.2, 0.25) is 0 Å². The maximum Gasteiger partial charge on any atom is 0.295 e. The molecule has 3 heterocycles. The lowest BCUT2D eigenvalue weighted by Gasteiger charge is -2.36. The van der Waals surface area contributed by atoms with Crippen molar-refractivity contribution < 1.29 is 9.32 Å². The number of H-pyrrole nitrogens is 1. The Labute approximate surface area is 155 Å². The van der Waals surface area contributed by atoms with E-state index < -0.39 is 0 Å². The van der Waals surface area contributed by atoms with Crippen LogP contribution in [0, 0.1) is 6.92 Å². The zero-order valence-corrected chi connectivity index (χ0v) is 14.9. The van der Waals surface area contributed by atoms with Crippen LogP contribution < -0.4 is 10.5 Å². The van der Waals surface area contributed by atoms with Crippen molar-refractivity contribution in [2.24, 2.45) is 0 Å². The minimum atomic E-state index is -0.341. The molecule has 138 valence electrons. The molecule has 1 amide bonds. The predicted molar refractivity (Wildman–Crippen MR) is 99.7 cm³/mol. The lowest BCUT2D eigenvalue weighted by atomic mass is 10.1. The van der Waals surface area contributed by atoms with Crippen LogP contribution in [0.3, 0.4) is 0 Å². The largest absolute Gasteiger partial charge is 0.368 e. The number of hydrogen-bond acceptors (Lipinski definition) is 6. The number of pyridine rings is 1. The third-order valence-electron chi connectivity index (χ3n) is 4.69. The van der Waals surface area contributed by atoms with Gasteiger partial charge in [0.25, 0.3) is 23.2 Å². The number of nitrogens with one attached hydrogen (secondary N) is 1. The van der Waals surface area contributed by atoms with Gasteiger partial charge in [0.1, 0.15) is 5.56 Å². The number of hydrogen-bond donors (Lipinski definition) is 1. The van der Waals surface area contributed by atoms with Crippen molar-refractivity contribution in [2.45, 2.75) is 6.92 Å².